The van der Waals surface area contributed by atoms with Crippen LogP contribution in [0.5, 0.6) is 0 Å². The smallest absolute Gasteiger partial charge is 0.193 e. The topological polar surface area (TPSA) is 33.0 Å². The Hall–Kier alpha value is -0.773. The van der Waals surface area contributed by atoms with Crippen LogP contribution >= 0.6 is 0 Å². The fraction of sp³-hybridized carbons (Fsp3) is 0.769. The summed E-state index contributed by atoms with van der Waals surface area (Å²) in [6.07, 6.45) is 7.50. The molecule has 0 saturated heterocycles. The van der Waals surface area contributed by atoms with Crippen LogP contribution in [0.25, 0.3) is 0 Å². The quantitative estimate of drug-likeness (QED) is 0.415. The second kappa shape index (κ2) is 6.08. The van der Waals surface area contributed by atoms with Gasteiger partial charge in [0.1, 0.15) is 6.10 Å². The van der Waals surface area contributed by atoms with E-state index in [4.69, 9.17) is 16.1 Å². The molecule has 0 N–H and O–H groups in total. The van der Waals surface area contributed by atoms with E-state index < -0.39 is 8.32 Å². The fourth-order valence-corrected chi connectivity index (χ4v) is 2.33. The molecule has 0 aliphatic carbocycles. The molecule has 2 nitrogen and oxygen atoms in total. The van der Waals surface area contributed by atoms with Crippen molar-refractivity contribution in [3.05, 3.63) is 0 Å². The number of nitriles is 1. The van der Waals surface area contributed by atoms with E-state index in [1.54, 1.807) is 0 Å². The van der Waals surface area contributed by atoms with Crippen molar-refractivity contribution in [2.75, 3.05) is 0 Å². The Kier molecular flexibility index (Phi) is 5.79. The molecule has 0 fully saturated rings. The molecule has 0 amide bonds. The molecule has 0 spiro atoms. The van der Waals surface area contributed by atoms with E-state index >= 15 is 0 Å². The van der Waals surface area contributed by atoms with Gasteiger partial charge in [-0.05, 0) is 31.0 Å². The Morgan fingerprint density at radius 1 is 1.38 bits per heavy atom. The number of unbranched alkanes of at least 4 members (excludes halogenated alkanes) is 1. The maximum absolute atomic E-state index is 8.48. The Labute approximate surface area is 101 Å². The summed E-state index contributed by atoms with van der Waals surface area (Å²) in [7, 11) is -1.77. The van der Waals surface area contributed by atoms with Crippen LogP contribution in [0.15, 0.2) is 0 Å². The van der Waals surface area contributed by atoms with Crippen molar-refractivity contribution in [3.8, 4) is 18.4 Å². The Balaban J connectivity index is 4.34. The summed E-state index contributed by atoms with van der Waals surface area (Å²) in [6.45, 7) is 11.0. The summed E-state index contributed by atoms with van der Waals surface area (Å²) in [4.78, 5) is 0. The Morgan fingerprint density at radius 3 is 2.31 bits per heavy atom. The first-order valence-electron chi connectivity index (χ1n) is 5.75. The molecule has 0 rings (SSSR count). The summed E-state index contributed by atoms with van der Waals surface area (Å²) < 4.78 is 6.09. The molecule has 0 aromatic carbocycles. The molecule has 0 aromatic heterocycles. The highest BCUT2D eigenvalue weighted by Gasteiger charge is 2.38. The van der Waals surface area contributed by atoms with Gasteiger partial charge in [-0.3, -0.25) is 0 Å². The highest BCUT2D eigenvalue weighted by Crippen LogP contribution is 2.37. The first-order valence-corrected chi connectivity index (χ1v) is 8.66. The van der Waals surface area contributed by atoms with Crippen LogP contribution in [0.2, 0.25) is 18.1 Å². The fourth-order valence-electron chi connectivity index (χ4n) is 1.08. The Morgan fingerprint density at radius 2 is 1.94 bits per heavy atom. The third-order valence-corrected chi connectivity index (χ3v) is 7.67. The lowest BCUT2D eigenvalue weighted by atomic mass is 10.2. The molecule has 1 atom stereocenters. The van der Waals surface area contributed by atoms with Crippen LogP contribution in [0, 0.1) is 23.7 Å². The van der Waals surface area contributed by atoms with E-state index in [1.165, 1.54) is 0 Å². The second-order valence-corrected chi connectivity index (χ2v) is 10.3. The van der Waals surface area contributed by atoms with E-state index in [2.05, 4.69) is 45.9 Å². The molecule has 16 heavy (non-hydrogen) atoms. The molecule has 90 valence electrons. The normalized spacial score (nSPS) is 13.9. The maximum Gasteiger partial charge on any atom is 0.193 e. The van der Waals surface area contributed by atoms with Crippen molar-refractivity contribution in [1.29, 1.82) is 5.26 Å². The first-order chi connectivity index (χ1) is 7.24. The average Bonchev–Trinajstić information content (AvgIpc) is 2.14. The molecule has 0 aliphatic heterocycles. The third kappa shape index (κ3) is 4.83. The van der Waals surface area contributed by atoms with Gasteiger partial charge < -0.3 is 4.43 Å². The molecule has 0 radical (unpaired) electrons. The lowest BCUT2D eigenvalue weighted by molar-refractivity contribution is 0.221. The first kappa shape index (κ1) is 15.2. The molecular weight excluding hydrogens is 214 g/mol. The molecule has 0 aromatic rings. The summed E-state index contributed by atoms with van der Waals surface area (Å²) in [6, 6.07) is 2.13. The van der Waals surface area contributed by atoms with Crippen LogP contribution < -0.4 is 0 Å². The highest BCUT2D eigenvalue weighted by atomic mass is 28.4. The zero-order chi connectivity index (χ0) is 12.8. The molecule has 1 unspecified atom stereocenters. The molecule has 0 aliphatic rings. The lowest BCUT2D eigenvalue weighted by Crippen LogP contribution is -2.43. The van der Waals surface area contributed by atoms with Gasteiger partial charge in [-0.15, -0.1) is 6.42 Å². The van der Waals surface area contributed by atoms with Crippen molar-refractivity contribution >= 4 is 8.32 Å². The van der Waals surface area contributed by atoms with E-state index in [9.17, 15) is 0 Å². The summed E-state index contributed by atoms with van der Waals surface area (Å²) >= 11 is 0. The predicted molar refractivity (Wildman–Crippen MR) is 70.4 cm³/mol. The van der Waals surface area contributed by atoms with Crippen molar-refractivity contribution in [2.24, 2.45) is 0 Å². The molecule has 0 heterocycles. The standard InChI is InChI=1S/C13H23NOSi/c1-7-12(10-8-9-11-14)15-16(5,6)13(2,3)4/h1,12H,8-10H2,2-6H3. The van der Waals surface area contributed by atoms with Gasteiger partial charge in [-0.2, -0.15) is 5.26 Å². The number of terminal acetylenes is 1. The molecular formula is C13H23NOSi. The van der Waals surface area contributed by atoms with E-state index in [-0.39, 0.29) is 11.1 Å². The molecule has 0 saturated carbocycles. The highest BCUT2D eigenvalue weighted by molar-refractivity contribution is 6.74. The van der Waals surface area contributed by atoms with Gasteiger partial charge in [0.05, 0.1) is 6.07 Å². The van der Waals surface area contributed by atoms with Crippen LogP contribution in [-0.4, -0.2) is 14.4 Å². The van der Waals surface area contributed by atoms with Crippen molar-refractivity contribution < 1.29 is 4.43 Å². The second-order valence-electron chi connectivity index (χ2n) is 5.58. The van der Waals surface area contributed by atoms with Gasteiger partial charge in [0.25, 0.3) is 0 Å². The van der Waals surface area contributed by atoms with Crippen molar-refractivity contribution in [1.82, 2.24) is 0 Å². The van der Waals surface area contributed by atoms with Gasteiger partial charge in [-0.25, -0.2) is 0 Å². The monoisotopic (exact) mass is 237 g/mol. The third-order valence-electron chi connectivity index (χ3n) is 3.18. The number of nitrogens with zero attached hydrogens (tertiary/aromatic N) is 1. The van der Waals surface area contributed by atoms with Gasteiger partial charge in [-0.1, -0.05) is 26.7 Å². The van der Waals surface area contributed by atoms with Gasteiger partial charge in [0.15, 0.2) is 8.32 Å². The maximum atomic E-state index is 8.48. The van der Waals surface area contributed by atoms with E-state index in [0.29, 0.717) is 6.42 Å². The minimum absolute atomic E-state index is 0.130. The summed E-state index contributed by atoms with van der Waals surface area (Å²) in [5.74, 6) is 2.69. The molecule has 0 bridgehead atoms. The van der Waals surface area contributed by atoms with E-state index in [1.807, 2.05) is 0 Å². The largest absolute Gasteiger partial charge is 0.403 e. The van der Waals surface area contributed by atoms with Crippen molar-refractivity contribution in [2.45, 2.75) is 64.3 Å². The summed E-state index contributed by atoms with van der Waals surface area (Å²) in [5.41, 5.74) is 0. The average molecular weight is 237 g/mol. The zero-order valence-corrected chi connectivity index (χ0v) is 12.1. The van der Waals surface area contributed by atoms with Gasteiger partial charge in [0.2, 0.25) is 0 Å². The van der Waals surface area contributed by atoms with Gasteiger partial charge >= 0.3 is 0 Å². The van der Waals surface area contributed by atoms with Crippen LogP contribution in [0.1, 0.15) is 40.0 Å². The number of hydrogen-bond acceptors (Lipinski definition) is 2. The minimum Gasteiger partial charge on any atom is -0.403 e. The minimum atomic E-state index is -1.77. The number of hydrogen-bond donors (Lipinski definition) is 0. The lowest BCUT2D eigenvalue weighted by Gasteiger charge is -2.38. The summed E-state index contributed by atoms with van der Waals surface area (Å²) in [5, 5.41) is 8.66. The van der Waals surface area contributed by atoms with Gasteiger partial charge in [0, 0.05) is 6.42 Å². The van der Waals surface area contributed by atoms with Crippen LogP contribution in [0.4, 0.5) is 0 Å². The number of rotatable bonds is 5. The Bertz CT molecular complexity index is 291. The zero-order valence-electron chi connectivity index (χ0n) is 11.1. The van der Waals surface area contributed by atoms with E-state index in [0.717, 1.165) is 12.8 Å². The van der Waals surface area contributed by atoms with Crippen molar-refractivity contribution in [3.63, 3.8) is 0 Å². The predicted octanol–water partition coefficient (Wildman–Crippen LogP) is 3.70. The van der Waals surface area contributed by atoms with Crippen LogP contribution in [0.3, 0.4) is 0 Å². The van der Waals surface area contributed by atoms with Crippen LogP contribution in [-0.2, 0) is 4.43 Å². The molecule has 3 heteroatoms. The SMILES string of the molecule is C#CC(CCCC#N)O[Si](C)(C)C(C)(C)C.